The Morgan fingerprint density at radius 2 is 1.84 bits per heavy atom. The Morgan fingerprint density at radius 1 is 1.21 bits per heavy atom. The number of rotatable bonds is 5. The fraction of sp³-hybridized carbons (Fsp3) is 0.500. The van der Waals surface area contributed by atoms with E-state index in [-0.39, 0.29) is 5.91 Å². The first kappa shape index (κ1) is 12.2. The topological polar surface area (TPSA) is 44.1 Å². The molecule has 1 aromatic rings. The average Bonchev–Trinajstić information content (AvgIpc) is 3.32. The molecule has 2 fully saturated rings. The van der Waals surface area contributed by atoms with E-state index in [1.165, 1.54) is 25.7 Å². The van der Waals surface area contributed by atoms with Crippen LogP contribution in [0.5, 0.6) is 0 Å². The van der Waals surface area contributed by atoms with Crippen LogP contribution in [0.15, 0.2) is 24.3 Å². The van der Waals surface area contributed by atoms with Gasteiger partial charge in [-0.15, -0.1) is 0 Å². The first-order valence-corrected chi connectivity index (χ1v) is 7.05. The highest BCUT2D eigenvalue weighted by molar-refractivity contribution is 5.94. The van der Waals surface area contributed by atoms with Gasteiger partial charge in [0.25, 0.3) is 5.91 Å². The van der Waals surface area contributed by atoms with Crippen molar-refractivity contribution in [1.29, 1.82) is 5.26 Å². The second-order valence-electron chi connectivity index (χ2n) is 5.79. The fourth-order valence-electron chi connectivity index (χ4n) is 2.37. The summed E-state index contributed by atoms with van der Waals surface area (Å²) >= 11 is 0. The van der Waals surface area contributed by atoms with Gasteiger partial charge in [-0.3, -0.25) is 4.79 Å². The van der Waals surface area contributed by atoms with Gasteiger partial charge in [0.05, 0.1) is 11.6 Å². The molecule has 3 nitrogen and oxygen atoms in total. The third kappa shape index (κ3) is 3.14. The van der Waals surface area contributed by atoms with Crippen LogP contribution in [0.3, 0.4) is 0 Å². The Morgan fingerprint density at radius 3 is 2.37 bits per heavy atom. The van der Waals surface area contributed by atoms with Gasteiger partial charge in [-0.2, -0.15) is 5.26 Å². The monoisotopic (exact) mass is 254 g/mol. The lowest BCUT2D eigenvalue weighted by molar-refractivity contribution is 0.0739. The van der Waals surface area contributed by atoms with Gasteiger partial charge in [0.15, 0.2) is 0 Å². The highest BCUT2D eigenvalue weighted by Gasteiger charge is 2.31. The molecular formula is C16H18N2O. The molecule has 2 saturated carbocycles. The molecule has 19 heavy (non-hydrogen) atoms. The minimum absolute atomic E-state index is 0.0934. The zero-order valence-corrected chi connectivity index (χ0v) is 11.0. The third-order valence-electron chi connectivity index (χ3n) is 3.88. The van der Waals surface area contributed by atoms with Crippen molar-refractivity contribution in [2.45, 2.75) is 25.7 Å². The molecule has 1 aromatic carbocycles. The maximum Gasteiger partial charge on any atom is 0.253 e. The van der Waals surface area contributed by atoms with E-state index in [0.717, 1.165) is 13.1 Å². The van der Waals surface area contributed by atoms with E-state index in [2.05, 4.69) is 6.07 Å². The van der Waals surface area contributed by atoms with Crippen LogP contribution in [-0.2, 0) is 0 Å². The minimum Gasteiger partial charge on any atom is -0.338 e. The number of carbonyl (C=O) groups excluding carboxylic acids is 1. The van der Waals surface area contributed by atoms with Crippen LogP contribution in [0.25, 0.3) is 0 Å². The van der Waals surface area contributed by atoms with E-state index in [9.17, 15) is 4.79 Å². The summed E-state index contributed by atoms with van der Waals surface area (Å²) in [6.07, 6.45) is 5.03. The van der Waals surface area contributed by atoms with Crippen molar-refractivity contribution in [2.75, 3.05) is 13.1 Å². The Labute approximate surface area is 113 Å². The lowest BCUT2D eigenvalue weighted by Crippen LogP contribution is -2.34. The largest absolute Gasteiger partial charge is 0.338 e. The normalized spacial score (nSPS) is 17.8. The standard InChI is InChI=1S/C16H18N2O/c17-9-14-2-1-3-15(8-14)16(19)18(10-12-4-5-12)11-13-6-7-13/h1-3,8,12-13H,4-7,10-11H2. The van der Waals surface area contributed by atoms with Gasteiger partial charge in [-0.25, -0.2) is 0 Å². The van der Waals surface area contributed by atoms with Gasteiger partial charge in [0.1, 0.15) is 0 Å². The van der Waals surface area contributed by atoms with Crippen molar-refractivity contribution in [3.05, 3.63) is 35.4 Å². The number of benzene rings is 1. The zero-order valence-electron chi connectivity index (χ0n) is 11.0. The highest BCUT2D eigenvalue weighted by atomic mass is 16.2. The number of carbonyl (C=O) groups is 1. The van der Waals surface area contributed by atoms with Gasteiger partial charge in [0.2, 0.25) is 0 Å². The molecule has 2 aliphatic rings. The van der Waals surface area contributed by atoms with Crippen LogP contribution >= 0.6 is 0 Å². The SMILES string of the molecule is N#Cc1cccc(C(=O)N(CC2CC2)CC2CC2)c1. The molecular weight excluding hydrogens is 236 g/mol. The summed E-state index contributed by atoms with van der Waals surface area (Å²) in [5, 5.41) is 8.92. The van der Waals surface area contributed by atoms with Crippen LogP contribution in [0, 0.1) is 23.2 Å². The van der Waals surface area contributed by atoms with Crippen molar-refractivity contribution in [1.82, 2.24) is 4.90 Å². The molecule has 0 unspecified atom stereocenters. The summed E-state index contributed by atoms with van der Waals surface area (Å²) in [7, 11) is 0. The van der Waals surface area contributed by atoms with E-state index in [1.54, 1.807) is 18.2 Å². The van der Waals surface area contributed by atoms with E-state index in [0.29, 0.717) is 23.0 Å². The van der Waals surface area contributed by atoms with Gasteiger partial charge in [0, 0.05) is 18.7 Å². The smallest absolute Gasteiger partial charge is 0.253 e. The van der Waals surface area contributed by atoms with Crippen LogP contribution in [0.1, 0.15) is 41.6 Å². The minimum atomic E-state index is 0.0934. The molecule has 0 bridgehead atoms. The molecule has 0 aliphatic heterocycles. The summed E-state index contributed by atoms with van der Waals surface area (Å²) in [5.41, 5.74) is 1.21. The van der Waals surface area contributed by atoms with Gasteiger partial charge in [-0.05, 0) is 55.7 Å². The van der Waals surface area contributed by atoms with Crippen LogP contribution in [-0.4, -0.2) is 23.9 Å². The van der Waals surface area contributed by atoms with E-state index in [1.807, 2.05) is 11.0 Å². The molecule has 98 valence electrons. The Kier molecular flexibility index (Phi) is 3.25. The Hall–Kier alpha value is -1.82. The van der Waals surface area contributed by atoms with Gasteiger partial charge >= 0.3 is 0 Å². The Balaban J connectivity index is 1.75. The summed E-state index contributed by atoms with van der Waals surface area (Å²) in [6, 6.07) is 9.14. The van der Waals surface area contributed by atoms with Gasteiger partial charge in [-0.1, -0.05) is 6.07 Å². The number of hydrogen-bond donors (Lipinski definition) is 0. The molecule has 0 heterocycles. The highest BCUT2D eigenvalue weighted by Crippen LogP contribution is 2.34. The second kappa shape index (κ2) is 5.05. The van der Waals surface area contributed by atoms with Crippen LogP contribution in [0.4, 0.5) is 0 Å². The van der Waals surface area contributed by atoms with E-state index in [4.69, 9.17) is 5.26 Å². The molecule has 3 heteroatoms. The van der Waals surface area contributed by atoms with Crippen molar-refractivity contribution in [2.24, 2.45) is 11.8 Å². The predicted molar refractivity (Wildman–Crippen MR) is 72.5 cm³/mol. The number of nitriles is 1. The van der Waals surface area contributed by atoms with Crippen molar-refractivity contribution >= 4 is 5.91 Å². The molecule has 0 saturated heterocycles. The van der Waals surface area contributed by atoms with E-state index >= 15 is 0 Å². The lowest BCUT2D eigenvalue weighted by Gasteiger charge is -2.22. The molecule has 2 aliphatic carbocycles. The number of amides is 1. The predicted octanol–water partition coefficient (Wildman–Crippen LogP) is 2.82. The molecule has 1 amide bonds. The molecule has 0 N–H and O–H groups in total. The van der Waals surface area contributed by atoms with Crippen LogP contribution in [0.2, 0.25) is 0 Å². The summed E-state index contributed by atoms with van der Waals surface area (Å²) in [4.78, 5) is 14.6. The zero-order chi connectivity index (χ0) is 13.2. The number of hydrogen-bond acceptors (Lipinski definition) is 2. The fourth-order valence-corrected chi connectivity index (χ4v) is 2.37. The summed E-state index contributed by atoms with van der Waals surface area (Å²) < 4.78 is 0. The van der Waals surface area contributed by atoms with Crippen molar-refractivity contribution in [3.8, 4) is 6.07 Å². The first-order chi connectivity index (χ1) is 9.26. The molecule has 0 atom stereocenters. The molecule has 0 radical (unpaired) electrons. The maximum atomic E-state index is 12.6. The second-order valence-corrected chi connectivity index (χ2v) is 5.79. The summed E-state index contributed by atoms with van der Waals surface area (Å²) in [6.45, 7) is 1.79. The molecule has 3 rings (SSSR count). The van der Waals surface area contributed by atoms with E-state index < -0.39 is 0 Å². The number of nitrogens with zero attached hydrogens (tertiary/aromatic N) is 2. The molecule has 0 spiro atoms. The van der Waals surface area contributed by atoms with Gasteiger partial charge < -0.3 is 4.90 Å². The first-order valence-electron chi connectivity index (χ1n) is 7.05. The van der Waals surface area contributed by atoms with Crippen molar-refractivity contribution < 1.29 is 4.79 Å². The van der Waals surface area contributed by atoms with Crippen LogP contribution < -0.4 is 0 Å². The quantitative estimate of drug-likeness (QED) is 0.811. The third-order valence-corrected chi connectivity index (χ3v) is 3.88. The van der Waals surface area contributed by atoms with Crippen molar-refractivity contribution in [3.63, 3.8) is 0 Å². The Bertz CT molecular complexity index is 510. The average molecular weight is 254 g/mol. The lowest BCUT2D eigenvalue weighted by atomic mass is 10.1. The summed E-state index contributed by atoms with van der Waals surface area (Å²) in [5.74, 6) is 1.51. The maximum absolute atomic E-state index is 12.6. The molecule has 0 aromatic heterocycles.